The summed E-state index contributed by atoms with van der Waals surface area (Å²) in [7, 11) is 0. The molecule has 3 rings (SSSR count). The average Bonchev–Trinajstić information content (AvgIpc) is 2.75. The maximum Gasteiger partial charge on any atom is 0.335 e. The van der Waals surface area contributed by atoms with Crippen molar-refractivity contribution >= 4 is 47.4 Å². The second kappa shape index (κ2) is 10.7. The van der Waals surface area contributed by atoms with Crippen molar-refractivity contribution in [3.8, 4) is 5.75 Å². The first-order valence-electron chi connectivity index (χ1n) is 8.12. The fourth-order valence-corrected chi connectivity index (χ4v) is 2.41. The van der Waals surface area contributed by atoms with Gasteiger partial charge in [-0.3, -0.25) is 4.79 Å². The van der Waals surface area contributed by atoms with E-state index in [4.69, 9.17) is 25.8 Å². The lowest BCUT2D eigenvalue weighted by Gasteiger charge is -2.13. The molecule has 0 saturated heterocycles. The number of carboxylic acid groups (broad SMARTS) is 1. The van der Waals surface area contributed by atoms with Gasteiger partial charge in [-0.2, -0.15) is 4.21 Å². The molecule has 0 bridgehead atoms. The summed E-state index contributed by atoms with van der Waals surface area (Å²) in [6.45, 7) is 0. The summed E-state index contributed by atoms with van der Waals surface area (Å²) in [5.41, 5.74) is 4.24. The molecule has 0 aliphatic rings. The number of carboxylic acids is 1. The molecule has 3 aromatic rings. The van der Waals surface area contributed by atoms with Crippen molar-refractivity contribution in [3.63, 3.8) is 0 Å². The summed E-state index contributed by atoms with van der Waals surface area (Å²) in [4.78, 5) is 28.9. The molecule has 0 radical (unpaired) electrons. The fourth-order valence-electron chi connectivity index (χ4n) is 2.28. The quantitative estimate of drug-likeness (QED) is 0.499. The molecule has 0 aromatic heterocycles. The molecule has 0 atom stereocenters. The number of para-hydroxylation sites is 1. The highest BCUT2D eigenvalue weighted by molar-refractivity contribution is 7.44. The predicted octanol–water partition coefficient (Wildman–Crippen LogP) is 4.36. The average molecular weight is 431 g/mol. The SMILES string of the molecule is O=C(O)c1ccc(NC(=O)c2ccccc2NOc2ccc(Cl)cc2)cc1.O=S. The van der Waals surface area contributed by atoms with E-state index < -0.39 is 5.97 Å². The molecule has 1 amide bonds. The Morgan fingerprint density at radius 2 is 1.52 bits per heavy atom. The maximum absolute atomic E-state index is 12.6. The van der Waals surface area contributed by atoms with Crippen molar-refractivity contribution in [2.24, 2.45) is 0 Å². The summed E-state index contributed by atoms with van der Waals surface area (Å²) in [6, 6.07) is 19.5. The highest BCUT2D eigenvalue weighted by Crippen LogP contribution is 2.20. The lowest BCUT2D eigenvalue weighted by Crippen LogP contribution is -2.16. The highest BCUT2D eigenvalue weighted by Gasteiger charge is 2.12. The number of aromatic carboxylic acids is 1. The van der Waals surface area contributed by atoms with E-state index in [2.05, 4.69) is 23.3 Å². The third-order valence-corrected chi connectivity index (χ3v) is 3.91. The van der Waals surface area contributed by atoms with Crippen LogP contribution in [0.3, 0.4) is 0 Å². The second-order valence-corrected chi connectivity index (χ2v) is 5.98. The van der Waals surface area contributed by atoms with Crippen molar-refractivity contribution in [1.82, 2.24) is 0 Å². The van der Waals surface area contributed by atoms with Crippen LogP contribution in [0.4, 0.5) is 11.4 Å². The number of carbonyl (C=O) groups is 2. The van der Waals surface area contributed by atoms with Gasteiger partial charge in [-0.05, 0) is 60.7 Å². The minimum Gasteiger partial charge on any atom is -0.478 e. The van der Waals surface area contributed by atoms with Crippen LogP contribution in [-0.4, -0.2) is 21.2 Å². The zero-order valence-corrected chi connectivity index (χ0v) is 16.4. The highest BCUT2D eigenvalue weighted by atomic mass is 35.5. The van der Waals surface area contributed by atoms with Gasteiger partial charge in [-0.1, -0.05) is 23.7 Å². The van der Waals surface area contributed by atoms with Gasteiger partial charge in [0.2, 0.25) is 0 Å². The van der Waals surface area contributed by atoms with E-state index in [0.29, 0.717) is 27.7 Å². The van der Waals surface area contributed by atoms with Crippen LogP contribution in [0, 0.1) is 0 Å². The van der Waals surface area contributed by atoms with Gasteiger partial charge in [-0.25, -0.2) is 10.3 Å². The molecule has 0 aliphatic carbocycles. The van der Waals surface area contributed by atoms with E-state index in [-0.39, 0.29) is 11.5 Å². The van der Waals surface area contributed by atoms with E-state index in [1.54, 1.807) is 48.5 Å². The molecule has 0 heterocycles. The van der Waals surface area contributed by atoms with Gasteiger partial charge in [-0.15, -0.1) is 0 Å². The van der Waals surface area contributed by atoms with Crippen LogP contribution in [-0.2, 0) is 12.5 Å². The first-order valence-corrected chi connectivity index (χ1v) is 8.83. The topological polar surface area (TPSA) is 105 Å². The number of carbonyl (C=O) groups excluding carboxylic acids is 1. The number of amides is 1. The predicted molar refractivity (Wildman–Crippen MR) is 112 cm³/mol. The summed E-state index contributed by atoms with van der Waals surface area (Å²) in [5.74, 6) is -0.846. The zero-order chi connectivity index (χ0) is 21.2. The van der Waals surface area contributed by atoms with Crippen LogP contribution >= 0.6 is 11.6 Å². The van der Waals surface area contributed by atoms with Gasteiger partial charge in [0, 0.05) is 10.7 Å². The smallest absolute Gasteiger partial charge is 0.335 e. The monoisotopic (exact) mass is 430 g/mol. The van der Waals surface area contributed by atoms with Crippen LogP contribution in [0.1, 0.15) is 20.7 Å². The van der Waals surface area contributed by atoms with Gasteiger partial charge in [0.05, 0.1) is 16.8 Å². The minimum atomic E-state index is -1.03. The number of nitrogens with one attached hydrogen (secondary N) is 2. The molecule has 0 fully saturated rings. The number of rotatable bonds is 6. The second-order valence-electron chi connectivity index (χ2n) is 5.54. The van der Waals surface area contributed by atoms with Crippen molar-refractivity contribution in [2.45, 2.75) is 0 Å². The first-order chi connectivity index (χ1) is 14.0. The third-order valence-electron chi connectivity index (χ3n) is 3.65. The Balaban J connectivity index is 0.00000145. The Bertz CT molecular complexity index is 981. The molecular weight excluding hydrogens is 416 g/mol. The van der Waals surface area contributed by atoms with Crippen LogP contribution in [0.2, 0.25) is 5.02 Å². The normalized spacial score (nSPS) is 9.55. The minimum absolute atomic E-state index is 0.145. The van der Waals surface area contributed by atoms with E-state index in [0.717, 1.165) is 0 Å². The molecule has 3 aromatic carbocycles. The summed E-state index contributed by atoms with van der Waals surface area (Å²) in [5, 5.41) is 12.2. The van der Waals surface area contributed by atoms with Crippen LogP contribution < -0.4 is 15.6 Å². The van der Waals surface area contributed by atoms with Crippen LogP contribution in [0.25, 0.3) is 0 Å². The van der Waals surface area contributed by atoms with Gasteiger partial charge in [0.1, 0.15) is 0 Å². The molecule has 0 spiro atoms. The number of benzene rings is 3. The zero-order valence-electron chi connectivity index (χ0n) is 14.8. The lowest BCUT2D eigenvalue weighted by atomic mass is 10.1. The van der Waals surface area contributed by atoms with Crippen LogP contribution in [0.15, 0.2) is 72.8 Å². The standard InChI is InChI=1S/C20H15ClN2O4.OS/c21-14-7-11-16(12-8-14)27-23-18-4-2-1-3-17(18)19(24)22-15-9-5-13(6-10-15)20(25)26;1-2/h1-12,23H,(H,22,24)(H,25,26);. The lowest BCUT2D eigenvalue weighted by molar-refractivity contribution is 0.0696. The Hall–Kier alpha value is -3.49. The number of hydrogen-bond donors (Lipinski definition) is 3. The Morgan fingerprint density at radius 3 is 2.14 bits per heavy atom. The summed E-state index contributed by atoms with van der Waals surface area (Å²) < 4.78 is 7.83. The molecular formula is C20H15ClN2O5S. The Kier molecular flexibility index (Phi) is 8.08. The maximum atomic E-state index is 12.6. The van der Waals surface area contributed by atoms with Crippen molar-refractivity contribution in [2.75, 3.05) is 10.8 Å². The number of anilines is 2. The molecule has 148 valence electrons. The number of halogens is 1. The molecule has 0 aliphatic heterocycles. The van der Waals surface area contributed by atoms with Gasteiger partial charge in [0.15, 0.2) is 18.3 Å². The van der Waals surface area contributed by atoms with Gasteiger partial charge >= 0.3 is 5.97 Å². The van der Waals surface area contributed by atoms with Gasteiger partial charge in [0.25, 0.3) is 5.91 Å². The van der Waals surface area contributed by atoms with Crippen molar-refractivity contribution in [1.29, 1.82) is 0 Å². The van der Waals surface area contributed by atoms with E-state index >= 15 is 0 Å². The van der Waals surface area contributed by atoms with E-state index in [1.165, 1.54) is 24.3 Å². The molecule has 0 unspecified atom stereocenters. The van der Waals surface area contributed by atoms with Gasteiger partial charge < -0.3 is 15.3 Å². The Labute approximate surface area is 176 Å². The van der Waals surface area contributed by atoms with E-state index in [9.17, 15) is 9.59 Å². The molecule has 9 heteroatoms. The van der Waals surface area contributed by atoms with Crippen LogP contribution in [0.5, 0.6) is 5.75 Å². The first kappa shape index (κ1) is 21.8. The van der Waals surface area contributed by atoms with E-state index in [1.807, 2.05) is 0 Å². The molecule has 7 nitrogen and oxygen atoms in total. The Morgan fingerprint density at radius 1 is 0.897 bits per heavy atom. The fraction of sp³-hybridized carbons (Fsp3) is 0. The molecule has 29 heavy (non-hydrogen) atoms. The third kappa shape index (κ3) is 6.27. The molecule has 3 N–H and O–H groups in total. The largest absolute Gasteiger partial charge is 0.478 e. The molecule has 0 saturated carbocycles. The summed E-state index contributed by atoms with van der Waals surface area (Å²) >= 11 is 8.67. The summed E-state index contributed by atoms with van der Waals surface area (Å²) in [6.07, 6.45) is 0. The van der Waals surface area contributed by atoms with Crippen molar-refractivity contribution < 1.29 is 23.7 Å². The number of hydrogen-bond acceptors (Lipinski definition) is 6. The van der Waals surface area contributed by atoms with Crippen molar-refractivity contribution in [3.05, 3.63) is 88.9 Å².